The van der Waals surface area contributed by atoms with Gasteiger partial charge >= 0.3 is 0 Å². The summed E-state index contributed by atoms with van der Waals surface area (Å²) < 4.78 is 11.0. The molecule has 0 radical (unpaired) electrons. The highest BCUT2D eigenvalue weighted by molar-refractivity contribution is 5.98. The quantitative estimate of drug-likeness (QED) is 0.0536. The molecule has 3 aliphatic rings. The number of phenols is 1. The second kappa shape index (κ2) is 31.8. The smallest absolute Gasteiger partial charge is 0.248 e. The van der Waals surface area contributed by atoms with Crippen molar-refractivity contribution in [1.29, 1.82) is 0 Å². The Kier molecular flexibility index (Phi) is 26.4. The molecule has 0 aromatic heterocycles. The predicted octanol–water partition coefficient (Wildman–Crippen LogP) is -0.0222. The molecule has 3 fully saturated rings. The first-order chi connectivity index (χ1) is 36.6. The first kappa shape index (κ1) is 64.0. The summed E-state index contributed by atoms with van der Waals surface area (Å²) in [6, 6.07) is -5.54. The Morgan fingerprint density at radius 3 is 1.88 bits per heavy atom. The van der Waals surface area contributed by atoms with Gasteiger partial charge in [-0.3, -0.25) is 33.6 Å². The van der Waals surface area contributed by atoms with Gasteiger partial charge in [0.15, 0.2) is 6.23 Å². The lowest BCUT2D eigenvalue weighted by Gasteiger charge is -2.34. The van der Waals surface area contributed by atoms with E-state index in [1.807, 2.05) is 0 Å². The van der Waals surface area contributed by atoms with Crippen LogP contribution in [0.25, 0.3) is 0 Å². The Hall–Kier alpha value is -5.53. The van der Waals surface area contributed by atoms with E-state index in [0.29, 0.717) is 12.8 Å². The molecular weight excluding hydrogens is 1000 g/mol. The molecule has 15 unspecified atom stereocenters. The van der Waals surface area contributed by atoms with Gasteiger partial charge in [-0.1, -0.05) is 82.4 Å². The number of amides is 7. The van der Waals surface area contributed by atoms with Gasteiger partial charge in [-0.05, 0) is 70.1 Å². The van der Waals surface area contributed by atoms with Crippen LogP contribution in [0.15, 0.2) is 48.6 Å². The summed E-state index contributed by atoms with van der Waals surface area (Å²) in [6.45, 7) is 5.24. The minimum absolute atomic E-state index is 0.0295. The van der Waals surface area contributed by atoms with Crippen LogP contribution in [0.5, 0.6) is 5.75 Å². The fourth-order valence-corrected chi connectivity index (χ4v) is 9.85. The summed E-state index contributed by atoms with van der Waals surface area (Å²) in [5, 5.41) is 90.1. The molecule has 23 nitrogen and oxygen atoms in total. The van der Waals surface area contributed by atoms with E-state index in [9.17, 15) is 69.3 Å². The van der Waals surface area contributed by atoms with E-state index in [2.05, 4.69) is 57.8 Å². The van der Waals surface area contributed by atoms with Crippen molar-refractivity contribution in [2.24, 2.45) is 5.92 Å². The number of unbranched alkanes of at least 4 members (excludes halogenated alkanes) is 8. The number of allylic oxidation sites excluding steroid dienone is 4. The lowest BCUT2D eigenvalue weighted by Crippen LogP contribution is -2.64. The number of hydrogen-bond acceptors (Lipinski definition) is 16. The van der Waals surface area contributed by atoms with Gasteiger partial charge in [0.05, 0.1) is 24.4 Å². The number of carbonyl (C=O) groups is 7. The number of fused-ring (bicyclic) bond motifs is 2. The maximum atomic E-state index is 14.5. The van der Waals surface area contributed by atoms with Gasteiger partial charge in [-0.15, -0.1) is 0 Å². The number of methoxy groups -OCH3 is 2. The minimum Gasteiger partial charge on any atom is -0.508 e. The number of benzene rings is 1. The van der Waals surface area contributed by atoms with E-state index >= 15 is 0 Å². The average Bonchev–Trinajstić information content (AvgIpc) is 3.94. The Bertz CT molecular complexity index is 2140. The number of rotatable bonds is 22. The number of phenolic OH excluding ortho intramolecular Hbond substituents is 1. The molecule has 0 saturated carbocycles. The number of hydrogen-bond donors (Lipinski definition) is 12. The van der Waals surface area contributed by atoms with Gasteiger partial charge in [0.1, 0.15) is 60.3 Å². The molecular formula is C54H85N7O16. The van der Waals surface area contributed by atoms with Crippen molar-refractivity contribution in [2.75, 3.05) is 27.3 Å². The molecule has 1 aromatic rings. The summed E-state index contributed by atoms with van der Waals surface area (Å²) in [5.74, 6) is -8.23. The van der Waals surface area contributed by atoms with Crippen molar-refractivity contribution in [3.63, 3.8) is 0 Å². The lowest BCUT2D eigenvalue weighted by molar-refractivity contribution is -0.149. The minimum atomic E-state index is -2.08. The molecule has 0 bridgehead atoms. The van der Waals surface area contributed by atoms with Crippen LogP contribution < -0.4 is 26.6 Å². The molecule has 77 heavy (non-hydrogen) atoms. The summed E-state index contributed by atoms with van der Waals surface area (Å²) in [7, 11) is 2.30. The topological polar surface area (TPSA) is 346 Å². The van der Waals surface area contributed by atoms with Crippen molar-refractivity contribution >= 4 is 41.4 Å². The third kappa shape index (κ3) is 18.5. The zero-order chi connectivity index (χ0) is 56.9. The maximum absolute atomic E-state index is 14.5. The Labute approximate surface area is 451 Å². The van der Waals surface area contributed by atoms with E-state index in [4.69, 9.17) is 9.47 Å². The number of ether oxygens (including phenoxy) is 2. The highest BCUT2D eigenvalue weighted by atomic mass is 16.5. The van der Waals surface area contributed by atoms with Crippen molar-refractivity contribution in [3.8, 4) is 5.75 Å². The molecule has 432 valence electrons. The molecule has 23 heteroatoms. The highest BCUT2D eigenvalue weighted by Gasteiger charge is 2.50. The van der Waals surface area contributed by atoms with Crippen LogP contribution in [-0.4, -0.2) is 193 Å². The predicted molar refractivity (Wildman–Crippen MR) is 281 cm³/mol. The first-order valence-electron chi connectivity index (χ1n) is 27.0. The Morgan fingerprint density at radius 2 is 1.29 bits per heavy atom. The summed E-state index contributed by atoms with van der Waals surface area (Å²) in [6.07, 6.45) is 4.78. The highest BCUT2D eigenvalue weighted by Crippen LogP contribution is 2.29. The van der Waals surface area contributed by atoms with Crippen molar-refractivity contribution < 1.29 is 78.8 Å². The molecule has 3 saturated heterocycles. The molecule has 12 N–H and O–H groups in total. The molecule has 0 aliphatic carbocycles. The normalized spacial score (nSPS) is 29.0. The van der Waals surface area contributed by atoms with E-state index in [1.54, 1.807) is 0 Å². The summed E-state index contributed by atoms with van der Waals surface area (Å²) in [4.78, 5) is 102. The number of nitrogens with one attached hydrogen (secondary N) is 5. The average molecular weight is 1090 g/mol. The molecule has 0 spiro atoms. The van der Waals surface area contributed by atoms with Crippen LogP contribution in [0.1, 0.15) is 129 Å². The third-order valence-corrected chi connectivity index (χ3v) is 14.3. The van der Waals surface area contributed by atoms with Crippen LogP contribution >= 0.6 is 0 Å². The van der Waals surface area contributed by atoms with Gasteiger partial charge < -0.3 is 81.6 Å². The number of aromatic hydroxyl groups is 1. The van der Waals surface area contributed by atoms with E-state index < -0.39 is 152 Å². The second-order valence-corrected chi connectivity index (χ2v) is 20.5. The van der Waals surface area contributed by atoms with Gasteiger partial charge in [-0.25, -0.2) is 0 Å². The molecule has 3 heterocycles. The van der Waals surface area contributed by atoms with Crippen molar-refractivity contribution in [2.45, 2.75) is 203 Å². The zero-order valence-electron chi connectivity index (χ0n) is 45.3. The van der Waals surface area contributed by atoms with Gasteiger partial charge in [0, 0.05) is 52.5 Å². The Morgan fingerprint density at radius 1 is 0.714 bits per heavy atom. The lowest BCUT2D eigenvalue weighted by atomic mass is 9.96. The van der Waals surface area contributed by atoms with Crippen LogP contribution in [0.2, 0.25) is 0 Å². The Balaban J connectivity index is 1.66. The van der Waals surface area contributed by atoms with Crippen molar-refractivity contribution in [1.82, 2.24) is 36.4 Å². The van der Waals surface area contributed by atoms with Crippen LogP contribution in [0, 0.1) is 5.92 Å². The van der Waals surface area contributed by atoms with Crippen LogP contribution in [0.4, 0.5) is 0 Å². The second-order valence-electron chi connectivity index (χ2n) is 20.5. The third-order valence-electron chi connectivity index (χ3n) is 14.3. The monoisotopic (exact) mass is 1090 g/mol. The summed E-state index contributed by atoms with van der Waals surface area (Å²) in [5.41, 5.74) is 0.207. The van der Waals surface area contributed by atoms with Gasteiger partial charge in [-0.2, -0.15) is 0 Å². The van der Waals surface area contributed by atoms with Gasteiger partial charge in [0.2, 0.25) is 41.4 Å². The van der Waals surface area contributed by atoms with E-state index in [-0.39, 0.29) is 24.3 Å². The molecule has 1 aromatic carbocycles. The maximum Gasteiger partial charge on any atom is 0.248 e. The SMILES string of the molecule is CCCCC/C=C/C/C=C/CCCCCCCC(=O)NC1CC(O)C(OC)NC(=O)C2C(O)C(C)CN2C(=O)C(C(C)O)NC(=O)C(C(O)C(OC)c2ccc(O)cc2)NC(=O)C2CC(O)CN2C(=O)C(C(C)O)NC1=O. The fraction of sp³-hybridized carbons (Fsp3) is 0.685. The standard InChI is InChI=1S/C54H85N7O16/c1-7-8-9-10-11-12-13-14-15-16-17-18-19-20-21-22-40(67)55-37-28-39(66)52(77-6)59-51(73)44-45(68)31(2)29-61(44)54(75)42(33(4)63)57-50(72)43(46(69)47(76-5)34-23-25-35(64)26-24-34)58-49(71)38-27-36(65)30-60(38)53(74)41(32(3)62)56-48(37)70/h11-12,14-15,23-26,31-33,36-39,41-47,52,62-66,68-69H,7-10,13,16-22,27-30H2,1-6H3,(H,55,67)(H,56,70)(H,57,72)(H,58,71)(H,59,73)/b12-11+,15-14+. The molecule has 7 amide bonds. The number of carbonyl (C=O) groups excluding carboxylic acids is 7. The van der Waals surface area contributed by atoms with Gasteiger partial charge in [0.25, 0.3) is 0 Å². The van der Waals surface area contributed by atoms with Crippen molar-refractivity contribution in [3.05, 3.63) is 54.1 Å². The largest absolute Gasteiger partial charge is 0.508 e. The zero-order valence-corrected chi connectivity index (χ0v) is 45.3. The van der Waals surface area contributed by atoms with Crippen LogP contribution in [0.3, 0.4) is 0 Å². The van der Waals surface area contributed by atoms with E-state index in [0.717, 1.165) is 62.4 Å². The first-order valence-corrected chi connectivity index (χ1v) is 27.0. The molecule has 4 rings (SSSR count). The van der Waals surface area contributed by atoms with E-state index in [1.165, 1.54) is 64.5 Å². The fourth-order valence-electron chi connectivity index (χ4n) is 9.85. The summed E-state index contributed by atoms with van der Waals surface area (Å²) >= 11 is 0. The number of aliphatic hydroxyl groups is 6. The van der Waals surface area contributed by atoms with Crippen LogP contribution in [-0.2, 0) is 43.0 Å². The number of aliphatic hydroxyl groups excluding tert-OH is 6. The number of nitrogens with zero attached hydrogens (tertiary/aromatic N) is 2. The molecule has 3 aliphatic heterocycles. The molecule has 15 atom stereocenters.